The molecule has 0 bridgehead atoms. The Kier molecular flexibility index (Phi) is 5.26. The van der Waals surface area contributed by atoms with Gasteiger partial charge >= 0.3 is 0 Å². The first-order chi connectivity index (χ1) is 10.0. The number of aromatic nitrogens is 2. The van der Waals surface area contributed by atoms with Gasteiger partial charge < -0.3 is 14.6 Å². The Balaban J connectivity index is 2.17. The molecular weight excluding hydrogens is 286 g/mol. The summed E-state index contributed by atoms with van der Waals surface area (Å²) >= 11 is 5.93. The van der Waals surface area contributed by atoms with E-state index < -0.39 is 0 Å². The number of nitrogens with zero attached hydrogens (tertiary/aromatic N) is 2. The summed E-state index contributed by atoms with van der Waals surface area (Å²) in [7, 11) is 1.71. The van der Waals surface area contributed by atoms with Crippen molar-refractivity contribution in [2.75, 3.05) is 19.0 Å². The number of halogens is 1. The van der Waals surface area contributed by atoms with E-state index in [1.165, 1.54) is 5.56 Å². The van der Waals surface area contributed by atoms with E-state index in [-0.39, 0.29) is 12.1 Å². The molecule has 1 aromatic carbocycles. The van der Waals surface area contributed by atoms with E-state index in [1.807, 2.05) is 37.4 Å². The third kappa shape index (κ3) is 3.99. The fourth-order valence-corrected chi connectivity index (χ4v) is 2.43. The van der Waals surface area contributed by atoms with Crippen LogP contribution in [0.15, 0.2) is 30.5 Å². The van der Waals surface area contributed by atoms with E-state index >= 15 is 0 Å². The summed E-state index contributed by atoms with van der Waals surface area (Å²) in [5, 5.41) is 4.21. The van der Waals surface area contributed by atoms with E-state index in [9.17, 15) is 0 Å². The van der Waals surface area contributed by atoms with Crippen molar-refractivity contribution < 1.29 is 4.74 Å². The third-order valence-corrected chi connectivity index (χ3v) is 3.70. The van der Waals surface area contributed by atoms with Crippen LogP contribution < -0.4 is 5.32 Å². The summed E-state index contributed by atoms with van der Waals surface area (Å²) in [4.78, 5) is 4.57. The minimum absolute atomic E-state index is 0.151. The zero-order chi connectivity index (χ0) is 15.4. The minimum atomic E-state index is 0.151. The van der Waals surface area contributed by atoms with Crippen molar-refractivity contribution in [2.45, 2.75) is 32.9 Å². The van der Waals surface area contributed by atoms with Crippen LogP contribution in [0, 0.1) is 6.92 Å². The lowest BCUT2D eigenvalue weighted by Gasteiger charge is -2.19. The molecule has 2 unspecified atom stereocenters. The molecule has 0 aliphatic heterocycles. The number of ether oxygens (including phenoxy) is 1. The molecular formula is C16H22ClN3O. The number of benzene rings is 1. The highest BCUT2D eigenvalue weighted by Crippen LogP contribution is 2.23. The van der Waals surface area contributed by atoms with Crippen molar-refractivity contribution in [3.05, 3.63) is 46.7 Å². The van der Waals surface area contributed by atoms with Crippen LogP contribution in [-0.2, 0) is 4.74 Å². The lowest BCUT2D eigenvalue weighted by molar-refractivity contribution is 0.163. The van der Waals surface area contributed by atoms with Crippen LogP contribution >= 0.6 is 11.6 Å². The van der Waals surface area contributed by atoms with Gasteiger partial charge in [0.05, 0.1) is 24.4 Å². The number of rotatable bonds is 6. The Morgan fingerprint density at radius 1 is 1.29 bits per heavy atom. The second kappa shape index (κ2) is 6.96. The Morgan fingerprint density at radius 3 is 2.57 bits per heavy atom. The Labute approximate surface area is 131 Å². The molecule has 0 amide bonds. The fraction of sp³-hybridized carbons (Fsp3) is 0.438. The quantitative estimate of drug-likeness (QED) is 0.868. The second-order valence-corrected chi connectivity index (χ2v) is 5.77. The molecule has 4 nitrogen and oxygen atoms in total. The van der Waals surface area contributed by atoms with Crippen LogP contribution in [0.4, 0.5) is 5.95 Å². The molecule has 0 aliphatic rings. The van der Waals surface area contributed by atoms with Crippen molar-refractivity contribution in [3.63, 3.8) is 0 Å². The molecule has 1 N–H and O–H groups in total. The molecule has 2 rings (SSSR count). The average Bonchev–Trinajstić information content (AvgIpc) is 2.80. The van der Waals surface area contributed by atoms with Crippen molar-refractivity contribution in [3.8, 4) is 0 Å². The second-order valence-electron chi connectivity index (χ2n) is 5.34. The number of aryl methyl sites for hydroxylation is 1. The molecule has 114 valence electrons. The highest BCUT2D eigenvalue weighted by Gasteiger charge is 2.14. The van der Waals surface area contributed by atoms with E-state index in [0.717, 1.165) is 16.7 Å². The van der Waals surface area contributed by atoms with E-state index in [4.69, 9.17) is 16.3 Å². The molecule has 0 saturated carbocycles. The van der Waals surface area contributed by atoms with Crippen molar-refractivity contribution in [1.29, 1.82) is 0 Å². The van der Waals surface area contributed by atoms with E-state index in [2.05, 4.69) is 28.7 Å². The summed E-state index contributed by atoms with van der Waals surface area (Å²) in [6.45, 7) is 6.87. The maximum absolute atomic E-state index is 5.93. The monoisotopic (exact) mass is 307 g/mol. The van der Waals surface area contributed by atoms with E-state index in [1.54, 1.807) is 7.11 Å². The van der Waals surface area contributed by atoms with Gasteiger partial charge in [0.15, 0.2) is 0 Å². The Bertz CT molecular complexity index is 580. The highest BCUT2D eigenvalue weighted by molar-refractivity contribution is 6.30. The van der Waals surface area contributed by atoms with Crippen LogP contribution in [0.1, 0.15) is 37.2 Å². The zero-order valence-corrected chi connectivity index (χ0v) is 13.7. The average molecular weight is 308 g/mol. The first-order valence-corrected chi connectivity index (χ1v) is 7.45. The van der Waals surface area contributed by atoms with Gasteiger partial charge in [0.25, 0.3) is 0 Å². The van der Waals surface area contributed by atoms with Gasteiger partial charge in [0.2, 0.25) is 5.95 Å². The SMILES string of the molecule is COCC(C)n1cc(C)nc1NC(C)c1ccc(Cl)cc1. The molecule has 0 fully saturated rings. The first kappa shape index (κ1) is 15.9. The molecule has 2 aromatic rings. The molecule has 5 heteroatoms. The lowest BCUT2D eigenvalue weighted by atomic mass is 10.1. The standard InChI is InChI=1S/C16H22ClN3O/c1-11-9-20(12(2)10-21-4)16(18-11)19-13(3)14-5-7-15(17)8-6-14/h5-9,12-13H,10H2,1-4H3,(H,18,19). The molecule has 0 radical (unpaired) electrons. The van der Waals surface area contributed by atoms with Crippen LogP contribution in [0.2, 0.25) is 5.02 Å². The highest BCUT2D eigenvalue weighted by atomic mass is 35.5. The largest absolute Gasteiger partial charge is 0.383 e. The van der Waals surface area contributed by atoms with E-state index in [0.29, 0.717) is 6.61 Å². The maximum Gasteiger partial charge on any atom is 0.203 e. The number of anilines is 1. The van der Waals surface area contributed by atoms with Gasteiger partial charge in [-0.3, -0.25) is 0 Å². The van der Waals surface area contributed by atoms with Crippen LogP contribution in [0.25, 0.3) is 0 Å². The molecule has 0 spiro atoms. The third-order valence-electron chi connectivity index (χ3n) is 3.45. The van der Waals surface area contributed by atoms with Crippen molar-refractivity contribution >= 4 is 17.5 Å². The van der Waals surface area contributed by atoms with Gasteiger partial charge in [0, 0.05) is 18.3 Å². The summed E-state index contributed by atoms with van der Waals surface area (Å²) in [5.74, 6) is 0.861. The normalized spacial score (nSPS) is 14.0. The topological polar surface area (TPSA) is 39.1 Å². The first-order valence-electron chi connectivity index (χ1n) is 7.07. The molecule has 21 heavy (non-hydrogen) atoms. The number of methoxy groups -OCH3 is 1. The van der Waals surface area contributed by atoms with Crippen LogP contribution in [0.5, 0.6) is 0 Å². The van der Waals surface area contributed by atoms with Crippen molar-refractivity contribution in [2.24, 2.45) is 0 Å². The van der Waals surface area contributed by atoms with Crippen LogP contribution in [-0.4, -0.2) is 23.3 Å². The summed E-state index contributed by atoms with van der Waals surface area (Å²) in [6, 6.07) is 8.24. The summed E-state index contributed by atoms with van der Waals surface area (Å²) in [6.07, 6.45) is 2.04. The van der Waals surface area contributed by atoms with Gasteiger partial charge in [0.1, 0.15) is 0 Å². The Morgan fingerprint density at radius 2 is 1.95 bits per heavy atom. The number of imidazole rings is 1. The molecule has 0 aliphatic carbocycles. The predicted octanol–water partition coefficient (Wildman–Crippen LogP) is 4.23. The Hall–Kier alpha value is -1.52. The number of hydrogen-bond acceptors (Lipinski definition) is 3. The summed E-state index contributed by atoms with van der Waals surface area (Å²) < 4.78 is 7.35. The fourth-order valence-electron chi connectivity index (χ4n) is 2.31. The molecule has 1 aromatic heterocycles. The summed E-state index contributed by atoms with van der Waals surface area (Å²) in [5.41, 5.74) is 2.16. The van der Waals surface area contributed by atoms with Gasteiger partial charge in [-0.25, -0.2) is 4.98 Å². The van der Waals surface area contributed by atoms with Gasteiger partial charge in [-0.05, 0) is 38.5 Å². The zero-order valence-electron chi connectivity index (χ0n) is 12.9. The lowest BCUT2D eigenvalue weighted by Crippen LogP contribution is -2.16. The van der Waals surface area contributed by atoms with Gasteiger partial charge in [-0.2, -0.15) is 0 Å². The maximum atomic E-state index is 5.93. The van der Waals surface area contributed by atoms with Crippen LogP contribution in [0.3, 0.4) is 0 Å². The number of nitrogens with one attached hydrogen (secondary N) is 1. The van der Waals surface area contributed by atoms with Crippen molar-refractivity contribution in [1.82, 2.24) is 9.55 Å². The smallest absolute Gasteiger partial charge is 0.203 e. The molecule has 1 heterocycles. The van der Waals surface area contributed by atoms with Gasteiger partial charge in [-0.1, -0.05) is 23.7 Å². The molecule has 2 atom stereocenters. The molecule has 0 saturated heterocycles. The van der Waals surface area contributed by atoms with Gasteiger partial charge in [-0.15, -0.1) is 0 Å². The minimum Gasteiger partial charge on any atom is -0.383 e. The predicted molar refractivity (Wildman–Crippen MR) is 87.0 cm³/mol. The number of hydrogen-bond donors (Lipinski definition) is 1.